The third-order valence-electron chi connectivity index (χ3n) is 3.04. The molecule has 0 bridgehead atoms. The first kappa shape index (κ1) is 12.2. The van der Waals surface area contributed by atoms with Crippen molar-refractivity contribution < 1.29 is 25.2 Å². The van der Waals surface area contributed by atoms with E-state index >= 15 is 0 Å². The smallest absolute Gasteiger partial charge is 0.242 e. The quantitative estimate of drug-likeness (QED) is 0.526. The molecule has 19 heavy (non-hydrogen) atoms. The van der Waals surface area contributed by atoms with Crippen LogP contribution in [-0.4, -0.2) is 58.3 Å². The third kappa shape index (κ3) is 1.75. The maximum Gasteiger partial charge on any atom is 0.242 e. The Morgan fingerprint density at radius 1 is 1.21 bits per heavy atom. The number of nitrogens with zero attached hydrogens (tertiary/aromatic N) is 4. The number of hydrogen-bond acceptors (Lipinski definition) is 8. The standard InChI is InChI=1S/C10H11N4O5/c15-1-4-6(16)7(17)10(19-4)14-3-13-5-8(14)11-2-12-9(5)18/h1-4,6-7,10,15-17H,(H,11,12,18)/t4-,6-,7-,10-/m1/s1. The lowest BCUT2D eigenvalue weighted by Gasteiger charge is -2.16. The van der Waals surface area contributed by atoms with Gasteiger partial charge in [0.15, 0.2) is 17.4 Å². The van der Waals surface area contributed by atoms with E-state index in [1.807, 2.05) is 0 Å². The van der Waals surface area contributed by atoms with Crippen LogP contribution in [0.25, 0.3) is 11.2 Å². The van der Waals surface area contributed by atoms with Crippen LogP contribution in [0.5, 0.6) is 5.88 Å². The van der Waals surface area contributed by atoms with E-state index in [9.17, 15) is 15.3 Å². The first-order valence-electron chi connectivity index (χ1n) is 5.49. The molecule has 0 aromatic carbocycles. The van der Waals surface area contributed by atoms with Crippen LogP contribution in [0, 0.1) is 6.61 Å². The van der Waals surface area contributed by atoms with Crippen LogP contribution in [-0.2, 0) is 4.74 Å². The molecule has 0 spiro atoms. The zero-order chi connectivity index (χ0) is 13.6. The van der Waals surface area contributed by atoms with Crippen LogP contribution in [0.2, 0.25) is 0 Å². The largest absolute Gasteiger partial charge is 0.492 e. The van der Waals surface area contributed by atoms with Crippen LogP contribution >= 0.6 is 0 Å². The summed E-state index contributed by atoms with van der Waals surface area (Å²) in [7, 11) is 0. The Labute approximate surface area is 106 Å². The van der Waals surface area contributed by atoms with Crippen molar-refractivity contribution >= 4 is 11.2 Å². The zero-order valence-electron chi connectivity index (χ0n) is 9.53. The maximum atomic E-state index is 9.90. The second kappa shape index (κ2) is 4.38. The van der Waals surface area contributed by atoms with Crippen LogP contribution in [0.1, 0.15) is 6.23 Å². The Bertz CT molecular complexity index is 603. The molecule has 4 atom stereocenters. The van der Waals surface area contributed by atoms with E-state index in [1.165, 1.54) is 10.9 Å². The number of rotatable bonds is 2. The predicted octanol–water partition coefficient (Wildman–Crippen LogP) is -1.31. The van der Waals surface area contributed by atoms with Crippen molar-refractivity contribution in [2.75, 3.05) is 0 Å². The molecule has 1 radical (unpaired) electrons. The van der Waals surface area contributed by atoms with E-state index in [4.69, 9.17) is 9.84 Å². The number of ether oxygens (including phenoxy) is 1. The van der Waals surface area contributed by atoms with Gasteiger partial charge >= 0.3 is 0 Å². The van der Waals surface area contributed by atoms with Crippen LogP contribution in [0.4, 0.5) is 0 Å². The van der Waals surface area contributed by atoms with Gasteiger partial charge in [-0.2, -0.15) is 4.98 Å². The van der Waals surface area contributed by atoms with Gasteiger partial charge in [-0.05, 0) is 0 Å². The molecule has 101 valence electrons. The van der Waals surface area contributed by atoms with Crippen molar-refractivity contribution in [2.24, 2.45) is 0 Å². The Kier molecular flexibility index (Phi) is 2.82. The summed E-state index contributed by atoms with van der Waals surface area (Å²) in [5.41, 5.74) is 0.409. The van der Waals surface area contributed by atoms with E-state index in [-0.39, 0.29) is 17.0 Å². The van der Waals surface area contributed by atoms with Crippen LogP contribution in [0.15, 0.2) is 12.7 Å². The Morgan fingerprint density at radius 2 is 2.00 bits per heavy atom. The summed E-state index contributed by atoms with van der Waals surface area (Å²) >= 11 is 0. The maximum absolute atomic E-state index is 9.90. The van der Waals surface area contributed by atoms with Crippen molar-refractivity contribution in [3.63, 3.8) is 0 Å². The van der Waals surface area contributed by atoms with E-state index in [2.05, 4.69) is 15.0 Å². The molecule has 4 N–H and O–H groups in total. The fourth-order valence-corrected chi connectivity index (χ4v) is 2.06. The molecule has 3 rings (SSSR count). The number of hydrogen-bond donors (Lipinski definition) is 4. The van der Waals surface area contributed by atoms with Gasteiger partial charge in [-0.15, -0.1) is 0 Å². The molecule has 9 nitrogen and oxygen atoms in total. The van der Waals surface area contributed by atoms with Crippen molar-refractivity contribution in [3.8, 4) is 5.88 Å². The van der Waals surface area contributed by atoms with Crippen LogP contribution < -0.4 is 0 Å². The van der Waals surface area contributed by atoms with Gasteiger partial charge in [-0.25, -0.2) is 9.97 Å². The number of aliphatic hydroxyl groups is 3. The number of imidazole rings is 1. The molecule has 0 saturated carbocycles. The van der Waals surface area contributed by atoms with Gasteiger partial charge in [0.2, 0.25) is 5.88 Å². The predicted molar refractivity (Wildman–Crippen MR) is 59.1 cm³/mol. The van der Waals surface area contributed by atoms with E-state index in [1.54, 1.807) is 0 Å². The SMILES string of the molecule is O[CH][C@H]1O[C@@H](n2cnc3c(O)ncnc32)[C@H](O)[C@@H]1O. The Hall–Kier alpha value is -1.81. The third-order valence-corrected chi connectivity index (χ3v) is 3.04. The average Bonchev–Trinajstić information content (AvgIpc) is 2.94. The molecule has 2 aromatic heterocycles. The minimum atomic E-state index is -1.26. The van der Waals surface area contributed by atoms with Crippen molar-refractivity contribution in [2.45, 2.75) is 24.5 Å². The fourth-order valence-electron chi connectivity index (χ4n) is 2.06. The highest BCUT2D eigenvalue weighted by atomic mass is 16.6. The summed E-state index contributed by atoms with van der Waals surface area (Å²) in [5.74, 6) is -0.290. The van der Waals surface area contributed by atoms with Gasteiger partial charge < -0.3 is 25.2 Å². The minimum Gasteiger partial charge on any atom is -0.492 e. The Balaban J connectivity index is 2.04. The van der Waals surface area contributed by atoms with Gasteiger partial charge in [-0.1, -0.05) is 0 Å². The summed E-state index contributed by atoms with van der Waals surface area (Å²) < 4.78 is 6.66. The fraction of sp³-hybridized carbons (Fsp3) is 0.400. The summed E-state index contributed by atoms with van der Waals surface area (Å²) in [6.45, 7) is 0.666. The second-order valence-corrected chi connectivity index (χ2v) is 4.14. The molecule has 1 aliphatic rings. The highest BCUT2D eigenvalue weighted by molar-refractivity contribution is 5.75. The summed E-state index contributed by atoms with van der Waals surface area (Å²) in [6.07, 6.45) is -2.05. The molecule has 9 heteroatoms. The molecule has 2 aromatic rings. The van der Waals surface area contributed by atoms with E-state index < -0.39 is 24.5 Å². The van der Waals surface area contributed by atoms with Crippen molar-refractivity contribution in [1.82, 2.24) is 19.5 Å². The molecule has 0 aliphatic carbocycles. The Morgan fingerprint density at radius 3 is 2.68 bits per heavy atom. The average molecular weight is 267 g/mol. The van der Waals surface area contributed by atoms with Crippen LogP contribution in [0.3, 0.4) is 0 Å². The zero-order valence-corrected chi connectivity index (χ0v) is 9.53. The second-order valence-electron chi connectivity index (χ2n) is 4.14. The van der Waals surface area contributed by atoms with Gasteiger partial charge in [0.1, 0.15) is 31.2 Å². The minimum absolute atomic E-state index is 0.157. The van der Waals surface area contributed by atoms with Gasteiger partial charge in [0, 0.05) is 0 Å². The van der Waals surface area contributed by atoms with E-state index in [0.717, 1.165) is 6.33 Å². The number of fused-ring (bicyclic) bond motifs is 1. The number of aliphatic hydroxyl groups excluding tert-OH is 3. The highest BCUT2D eigenvalue weighted by Gasteiger charge is 2.44. The first-order chi connectivity index (χ1) is 9.13. The molecule has 1 fully saturated rings. The van der Waals surface area contributed by atoms with Crippen molar-refractivity contribution in [1.29, 1.82) is 0 Å². The van der Waals surface area contributed by atoms with Crippen molar-refractivity contribution in [3.05, 3.63) is 19.3 Å². The summed E-state index contributed by atoms with van der Waals surface area (Å²) in [5, 5.41) is 38.0. The lowest BCUT2D eigenvalue weighted by Crippen LogP contribution is -2.31. The first-order valence-corrected chi connectivity index (χ1v) is 5.49. The normalized spacial score (nSPS) is 31.1. The molecule has 3 heterocycles. The molecular formula is C10H11N4O5. The molecular weight excluding hydrogens is 256 g/mol. The molecule has 0 amide bonds. The van der Waals surface area contributed by atoms with Gasteiger partial charge in [0.05, 0.1) is 6.33 Å². The summed E-state index contributed by atoms with van der Waals surface area (Å²) in [4.78, 5) is 11.4. The number of aromatic hydroxyl groups is 1. The van der Waals surface area contributed by atoms with Gasteiger partial charge in [0.25, 0.3) is 0 Å². The molecule has 1 aliphatic heterocycles. The lowest BCUT2D eigenvalue weighted by molar-refractivity contribution is -0.0361. The lowest BCUT2D eigenvalue weighted by atomic mass is 10.1. The van der Waals surface area contributed by atoms with Gasteiger partial charge in [-0.3, -0.25) is 4.57 Å². The number of aromatic nitrogens is 4. The molecule has 0 unspecified atom stereocenters. The van der Waals surface area contributed by atoms with E-state index in [0.29, 0.717) is 6.61 Å². The molecule has 1 saturated heterocycles. The monoisotopic (exact) mass is 267 g/mol. The topological polar surface area (TPSA) is 134 Å². The summed E-state index contributed by atoms with van der Waals surface area (Å²) in [6, 6.07) is 0. The highest BCUT2D eigenvalue weighted by Crippen LogP contribution is 2.32.